The van der Waals surface area contributed by atoms with Crippen molar-refractivity contribution >= 4 is 32.2 Å². The number of halogens is 1. The molecule has 30 heavy (non-hydrogen) atoms. The van der Waals surface area contributed by atoms with Gasteiger partial charge in [0.1, 0.15) is 0 Å². The third-order valence-electron chi connectivity index (χ3n) is 6.39. The molecule has 1 aliphatic heterocycles. The maximum atomic E-state index is 12.7. The van der Waals surface area contributed by atoms with Crippen LogP contribution in [-0.2, 0) is 17.4 Å². The number of carbonyl (C=O) groups is 2. The van der Waals surface area contributed by atoms with Crippen LogP contribution in [0.2, 0.25) is 0 Å². The predicted octanol–water partition coefficient (Wildman–Crippen LogP) is 5.25. The Labute approximate surface area is 189 Å². The summed E-state index contributed by atoms with van der Waals surface area (Å²) in [4.78, 5) is 24.5. The number of esters is 1. The molecule has 5 nitrogen and oxygen atoms in total. The normalized spacial score (nSPS) is 30.8. The first-order valence-corrected chi connectivity index (χ1v) is 15.1. The van der Waals surface area contributed by atoms with Gasteiger partial charge in [-0.05, 0) is 0 Å². The van der Waals surface area contributed by atoms with Crippen molar-refractivity contribution in [3.05, 3.63) is 23.8 Å². The summed E-state index contributed by atoms with van der Waals surface area (Å²) in [6.45, 7) is 12.2. The number of ether oxygens (including phenoxy) is 1. The molecule has 1 heterocycles. The molecule has 1 unspecified atom stereocenters. The van der Waals surface area contributed by atoms with Crippen molar-refractivity contribution in [3.8, 4) is 0 Å². The third-order valence-corrected chi connectivity index (χ3v) is 11.3. The molecule has 0 radical (unpaired) electrons. The molecule has 1 N–H and O–H groups in total. The average Bonchev–Trinajstić information content (AvgIpc) is 2.67. The van der Waals surface area contributed by atoms with Gasteiger partial charge >= 0.3 is 190 Å². The number of allylic oxidation sites excluding steroid dienone is 3. The molecule has 2 rings (SSSR count). The number of hydrogen-bond acceptors (Lipinski definition) is 5. The Hall–Kier alpha value is -0.890. The number of hydrogen-bond donors (Lipinski definition) is 1. The van der Waals surface area contributed by atoms with Gasteiger partial charge in [-0.15, -0.1) is 0 Å². The minimum atomic E-state index is -1.94. The van der Waals surface area contributed by atoms with E-state index in [0.29, 0.717) is 16.3 Å². The first-order chi connectivity index (χ1) is 14.1. The van der Waals surface area contributed by atoms with Crippen LogP contribution in [-0.4, -0.2) is 38.1 Å². The van der Waals surface area contributed by atoms with Crippen LogP contribution in [0.3, 0.4) is 0 Å². The molecular formula is C24H39IO5. The van der Waals surface area contributed by atoms with Crippen LogP contribution in [0.25, 0.3) is 0 Å². The van der Waals surface area contributed by atoms with E-state index < -0.39 is 31.8 Å². The molecule has 172 valence electrons. The van der Waals surface area contributed by atoms with E-state index in [1.807, 2.05) is 27.7 Å². The van der Waals surface area contributed by atoms with E-state index in [0.717, 1.165) is 23.7 Å². The number of aliphatic hydroxyl groups is 1. The predicted molar refractivity (Wildman–Crippen MR) is 128 cm³/mol. The van der Waals surface area contributed by atoms with Crippen molar-refractivity contribution in [2.24, 2.45) is 23.2 Å². The van der Waals surface area contributed by atoms with Crippen LogP contribution >= 0.6 is 20.2 Å². The Morgan fingerprint density at radius 1 is 1.43 bits per heavy atom. The molecule has 1 saturated heterocycles. The Balaban J connectivity index is 2.17. The van der Waals surface area contributed by atoms with Gasteiger partial charge < -0.3 is 0 Å². The van der Waals surface area contributed by atoms with Crippen LogP contribution in [0.1, 0.15) is 67.2 Å². The van der Waals surface area contributed by atoms with Crippen molar-refractivity contribution in [2.75, 3.05) is 8.86 Å². The molecule has 2 aliphatic rings. The van der Waals surface area contributed by atoms with E-state index in [1.54, 1.807) is 0 Å². The fraction of sp³-hybridized carbons (Fsp3) is 0.750. The molecule has 5 atom stereocenters. The van der Waals surface area contributed by atoms with Gasteiger partial charge in [0, 0.05) is 0 Å². The quantitative estimate of drug-likeness (QED) is 0.262. The molecule has 0 spiro atoms. The molecule has 1 aliphatic carbocycles. The van der Waals surface area contributed by atoms with Gasteiger partial charge in [-0.2, -0.15) is 0 Å². The number of rotatable bonds is 8. The van der Waals surface area contributed by atoms with Gasteiger partial charge in [0.2, 0.25) is 0 Å². The van der Waals surface area contributed by atoms with Crippen LogP contribution in [0.5, 0.6) is 0 Å². The topological polar surface area (TPSA) is 72.8 Å². The van der Waals surface area contributed by atoms with E-state index >= 15 is 0 Å². The fourth-order valence-corrected chi connectivity index (χ4v) is 8.71. The molecule has 6 heteroatoms. The maximum absolute atomic E-state index is 12.7. The molecule has 0 amide bonds. The third kappa shape index (κ3) is 6.55. The second kappa shape index (κ2) is 11.1. The van der Waals surface area contributed by atoms with E-state index in [1.165, 1.54) is 5.57 Å². The van der Waals surface area contributed by atoms with E-state index in [9.17, 15) is 14.7 Å². The number of carbonyl (C=O) groups excluding carboxylic acids is 2. The van der Waals surface area contributed by atoms with Crippen LogP contribution in [0.4, 0.5) is 0 Å². The summed E-state index contributed by atoms with van der Waals surface area (Å²) in [6, 6.07) is 0. The van der Waals surface area contributed by atoms with Crippen LogP contribution < -0.4 is 0 Å². The Bertz CT molecular complexity index is 669. The van der Waals surface area contributed by atoms with Crippen LogP contribution in [0, 0.1) is 23.2 Å². The minimum absolute atomic E-state index is 0.128. The first-order valence-electron chi connectivity index (χ1n) is 11.2. The Kier molecular flexibility index (Phi) is 9.40. The van der Waals surface area contributed by atoms with Gasteiger partial charge in [0.15, 0.2) is 0 Å². The second-order valence-corrected chi connectivity index (χ2v) is 13.9. The summed E-state index contributed by atoms with van der Waals surface area (Å²) in [5, 5.41) is 9.95. The van der Waals surface area contributed by atoms with Crippen molar-refractivity contribution in [2.45, 2.75) is 79.4 Å². The van der Waals surface area contributed by atoms with E-state index in [4.69, 9.17) is 7.80 Å². The molecular weight excluding hydrogens is 495 g/mol. The molecule has 0 bridgehead atoms. The zero-order chi connectivity index (χ0) is 22.5. The molecule has 0 saturated carbocycles. The molecule has 0 aromatic rings. The Morgan fingerprint density at radius 3 is 2.73 bits per heavy atom. The van der Waals surface area contributed by atoms with Crippen molar-refractivity contribution < 1.29 is 22.5 Å². The summed E-state index contributed by atoms with van der Waals surface area (Å²) in [7, 11) is 0. The van der Waals surface area contributed by atoms with E-state index in [2.05, 4.69) is 32.1 Å². The zero-order valence-corrected chi connectivity index (χ0v) is 21.5. The summed E-state index contributed by atoms with van der Waals surface area (Å²) in [5.41, 5.74) is 0.744. The summed E-state index contributed by atoms with van der Waals surface area (Å²) in [5.74, 6) is 0.404. The van der Waals surface area contributed by atoms with Gasteiger partial charge in [0.25, 0.3) is 0 Å². The standard InChI is InChI=1S/C24H39IO5/c1-7-9-18-11-10-16(3)20(12-13-25-15-19(26)14-21(27)30-25)22(18)17(4)29-23(28)24(5,6)8-2/h9-11,16-17,19-20,22,26H,7-8,12-15H2,1-6H3/b18-9-/t16-,17-,19-,20?,22-/m0/s1. The average molecular weight is 534 g/mol. The van der Waals surface area contributed by atoms with Crippen molar-refractivity contribution in [1.29, 1.82) is 0 Å². The fourth-order valence-electron chi connectivity index (χ4n) is 4.13. The van der Waals surface area contributed by atoms with Crippen molar-refractivity contribution in [3.63, 3.8) is 0 Å². The second-order valence-electron chi connectivity index (χ2n) is 9.21. The molecule has 0 aromatic heterocycles. The van der Waals surface area contributed by atoms with Gasteiger partial charge in [0.05, 0.1) is 0 Å². The van der Waals surface area contributed by atoms with E-state index in [-0.39, 0.29) is 30.4 Å². The molecule has 0 aromatic carbocycles. The SMILES string of the molecule is CC/C=C1/C=C[C@H](C)C(CCI2C[C@@H](O)CC(=O)O2)[C@H]1[C@H](C)OC(=O)C(C)(C)CC. The van der Waals surface area contributed by atoms with Crippen molar-refractivity contribution in [1.82, 2.24) is 0 Å². The number of alkyl halides is 2. The number of aliphatic hydroxyl groups excluding tert-OH is 1. The zero-order valence-electron chi connectivity index (χ0n) is 19.3. The summed E-state index contributed by atoms with van der Waals surface area (Å²) < 4.78 is 13.1. The summed E-state index contributed by atoms with van der Waals surface area (Å²) >= 11 is -1.94. The molecule has 1 fully saturated rings. The van der Waals surface area contributed by atoms with Gasteiger partial charge in [-0.1, -0.05) is 0 Å². The Morgan fingerprint density at radius 2 is 2.13 bits per heavy atom. The van der Waals surface area contributed by atoms with Gasteiger partial charge in [-0.25, -0.2) is 0 Å². The van der Waals surface area contributed by atoms with Crippen LogP contribution in [0.15, 0.2) is 23.8 Å². The first kappa shape index (κ1) is 25.4. The van der Waals surface area contributed by atoms with Gasteiger partial charge in [-0.3, -0.25) is 0 Å². The monoisotopic (exact) mass is 534 g/mol. The summed E-state index contributed by atoms with van der Waals surface area (Å²) in [6.07, 6.45) is 8.63.